The minimum Gasteiger partial charge on any atom is -0.497 e. The zero-order chi connectivity index (χ0) is 21.3. The van der Waals surface area contributed by atoms with E-state index in [0.717, 1.165) is 46.1 Å². The van der Waals surface area contributed by atoms with Crippen LogP contribution in [0.25, 0.3) is 11.1 Å². The van der Waals surface area contributed by atoms with Gasteiger partial charge >= 0.3 is 0 Å². The molecule has 1 aliphatic rings. The lowest BCUT2D eigenvalue weighted by atomic mass is 10.0. The molecule has 0 saturated heterocycles. The van der Waals surface area contributed by atoms with E-state index in [1.54, 1.807) is 14.2 Å². The largest absolute Gasteiger partial charge is 0.497 e. The van der Waals surface area contributed by atoms with Crippen LogP contribution >= 0.6 is 0 Å². The number of rotatable bonds is 5. The molecule has 1 heterocycles. The molecule has 158 valence electrons. The fraction of sp³-hybridized carbons (Fsp3) is 0.280. The first kappa shape index (κ1) is 21.5. The smallest absolute Gasteiger partial charge is 0.161 e. The van der Waals surface area contributed by atoms with E-state index in [1.165, 1.54) is 5.56 Å². The number of aryl methyl sites for hydroxylation is 1. The molecule has 0 aliphatic carbocycles. The Balaban J connectivity index is 0.000000216. The molecule has 1 aliphatic heterocycles. The maximum atomic E-state index is 5.71. The van der Waals surface area contributed by atoms with Crippen molar-refractivity contribution in [2.24, 2.45) is 5.73 Å². The summed E-state index contributed by atoms with van der Waals surface area (Å²) >= 11 is 0. The van der Waals surface area contributed by atoms with Crippen molar-refractivity contribution in [2.75, 3.05) is 27.4 Å². The molecule has 0 aromatic heterocycles. The van der Waals surface area contributed by atoms with Gasteiger partial charge in [0.05, 0.1) is 14.2 Å². The van der Waals surface area contributed by atoms with E-state index in [4.69, 9.17) is 24.7 Å². The summed E-state index contributed by atoms with van der Waals surface area (Å²) in [6.07, 6.45) is 1.07. The molecule has 4 rings (SSSR count). The maximum Gasteiger partial charge on any atom is 0.161 e. The van der Waals surface area contributed by atoms with Gasteiger partial charge in [-0.15, -0.1) is 0 Å². The van der Waals surface area contributed by atoms with Crippen LogP contribution < -0.4 is 24.7 Å². The SMILES string of the molecule is CCc1cccc(OC)c1.COc1ccc(CN)cc1-c1ccc2c(c1)OCCO2. The summed E-state index contributed by atoms with van der Waals surface area (Å²) in [7, 11) is 3.35. The molecule has 0 radical (unpaired) electrons. The summed E-state index contributed by atoms with van der Waals surface area (Å²) in [4.78, 5) is 0. The van der Waals surface area contributed by atoms with Crippen LogP contribution in [0.15, 0.2) is 60.7 Å². The molecule has 5 heteroatoms. The fourth-order valence-corrected chi connectivity index (χ4v) is 3.21. The molecule has 0 atom stereocenters. The van der Waals surface area contributed by atoms with E-state index in [0.29, 0.717) is 19.8 Å². The highest BCUT2D eigenvalue weighted by atomic mass is 16.6. The molecule has 3 aromatic carbocycles. The van der Waals surface area contributed by atoms with E-state index in [1.807, 2.05) is 48.5 Å². The van der Waals surface area contributed by atoms with E-state index >= 15 is 0 Å². The first-order chi connectivity index (χ1) is 14.7. The second-order valence-electron chi connectivity index (χ2n) is 6.80. The lowest BCUT2D eigenvalue weighted by Crippen LogP contribution is -2.15. The lowest BCUT2D eigenvalue weighted by molar-refractivity contribution is 0.171. The Labute approximate surface area is 178 Å². The predicted octanol–water partition coefficient (Wildman–Crippen LogP) is 4.85. The van der Waals surface area contributed by atoms with E-state index in [9.17, 15) is 0 Å². The zero-order valence-corrected chi connectivity index (χ0v) is 17.8. The molecule has 0 saturated carbocycles. The number of fused-ring (bicyclic) bond motifs is 1. The molecule has 5 nitrogen and oxygen atoms in total. The lowest BCUT2D eigenvalue weighted by Gasteiger charge is -2.19. The molecule has 0 fully saturated rings. The van der Waals surface area contributed by atoms with Gasteiger partial charge in [-0.25, -0.2) is 0 Å². The van der Waals surface area contributed by atoms with Crippen LogP contribution in [0.4, 0.5) is 0 Å². The van der Waals surface area contributed by atoms with Crippen molar-refractivity contribution in [1.29, 1.82) is 0 Å². The number of hydrogen-bond donors (Lipinski definition) is 1. The first-order valence-corrected chi connectivity index (χ1v) is 10.1. The standard InChI is InChI=1S/C16H17NO3.C9H12O/c1-18-14-4-2-11(10-17)8-13(14)12-3-5-15-16(9-12)20-7-6-19-15;1-3-8-5-4-6-9(7-8)10-2/h2-5,8-9H,6-7,10,17H2,1H3;4-7H,3H2,1-2H3. The molecule has 2 N–H and O–H groups in total. The van der Waals surface area contributed by atoms with Gasteiger partial charge in [-0.05, 0) is 59.5 Å². The average Bonchev–Trinajstić information content (AvgIpc) is 2.83. The Morgan fingerprint density at radius 1 is 0.833 bits per heavy atom. The summed E-state index contributed by atoms with van der Waals surface area (Å²) in [5.41, 5.74) is 10.1. The van der Waals surface area contributed by atoms with E-state index in [-0.39, 0.29) is 0 Å². The summed E-state index contributed by atoms with van der Waals surface area (Å²) in [5.74, 6) is 3.32. The van der Waals surface area contributed by atoms with Crippen LogP contribution in [-0.4, -0.2) is 27.4 Å². The highest BCUT2D eigenvalue weighted by Crippen LogP contribution is 2.38. The second kappa shape index (κ2) is 10.6. The molecular weight excluding hydrogens is 378 g/mol. The Morgan fingerprint density at radius 2 is 1.63 bits per heavy atom. The van der Waals surface area contributed by atoms with E-state index in [2.05, 4.69) is 19.1 Å². The third-order valence-corrected chi connectivity index (χ3v) is 4.90. The highest BCUT2D eigenvalue weighted by Gasteiger charge is 2.14. The van der Waals surface area contributed by atoms with Gasteiger partial charge in [-0.1, -0.05) is 31.2 Å². The number of benzene rings is 3. The minimum atomic E-state index is 0.502. The molecule has 0 unspecified atom stereocenters. The minimum absolute atomic E-state index is 0.502. The summed E-state index contributed by atoms with van der Waals surface area (Å²) in [6.45, 7) is 3.81. The number of methoxy groups -OCH3 is 2. The predicted molar refractivity (Wildman–Crippen MR) is 120 cm³/mol. The van der Waals surface area contributed by atoms with E-state index < -0.39 is 0 Å². The Hall–Kier alpha value is -3.18. The molecule has 0 bridgehead atoms. The van der Waals surface area contributed by atoms with Crippen molar-refractivity contribution in [2.45, 2.75) is 19.9 Å². The Bertz CT molecular complexity index is 952. The average molecular weight is 408 g/mol. The van der Waals surface area contributed by atoms with Crippen molar-refractivity contribution in [3.8, 4) is 34.1 Å². The van der Waals surface area contributed by atoms with Gasteiger partial charge in [0.25, 0.3) is 0 Å². The van der Waals surface area contributed by atoms with Crippen molar-refractivity contribution >= 4 is 0 Å². The summed E-state index contributed by atoms with van der Waals surface area (Å²) < 4.78 is 21.7. The quantitative estimate of drug-likeness (QED) is 0.655. The zero-order valence-electron chi connectivity index (χ0n) is 17.8. The molecule has 30 heavy (non-hydrogen) atoms. The summed E-state index contributed by atoms with van der Waals surface area (Å²) in [5, 5.41) is 0. The van der Waals surface area contributed by atoms with Crippen molar-refractivity contribution in [3.63, 3.8) is 0 Å². The normalized spacial score (nSPS) is 11.9. The van der Waals surface area contributed by atoms with Crippen LogP contribution in [0.3, 0.4) is 0 Å². The third-order valence-electron chi connectivity index (χ3n) is 4.90. The Kier molecular flexibility index (Phi) is 7.57. The van der Waals surface area contributed by atoms with Gasteiger partial charge in [-0.2, -0.15) is 0 Å². The number of hydrogen-bond acceptors (Lipinski definition) is 5. The van der Waals surface area contributed by atoms with Gasteiger partial charge in [0.1, 0.15) is 24.7 Å². The molecule has 0 amide bonds. The Morgan fingerprint density at radius 3 is 2.33 bits per heavy atom. The van der Waals surface area contributed by atoms with Crippen LogP contribution in [0.2, 0.25) is 0 Å². The number of ether oxygens (including phenoxy) is 4. The molecular formula is C25H29NO4. The van der Waals surface area contributed by atoms with Crippen LogP contribution in [-0.2, 0) is 13.0 Å². The first-order valence-electron chi connectivity index (χ1n) is 10.1. The molecule has 3 aromatic rings. The second-order valence-corrected chi connectivity index (χ2v) is 6.80. The highest BCUT2D eigenvalue weighted by molar-refractivity contribution is 5.73. The van der Waals surface area contributed by atoms with Gasteiger partial charge in [0.2, 0.25) is 0 Å². The van der Waals surface area contributed by atoms with Crippen LogP contribution in [0.1, 0.15) is 18.1 Å². The maximum absolute atomic E-state index is 5.71. The van der Waals surface area contributed by atoms with Gasteiger partial charge in [0, 0.05) is 12.1 Å². The van der Waals surface area contributed by atoms with Gasteiger partial charge < -0.3 is 24.7 Å². The monoisotopic (exact) mass is 407 g/mol. The number of nitrogens with two attached hydrogens (primary N) is 1. The summed E-state index contributed by atoms with van der Waals surface area (Å²) in [6, 6.07) is 20.0. The van der Waals surface area contributed by atoms with Gasteiger partial charge in [-0.3, -0.25) is 0 Å². The van der Waals surface area contributed by atoms with Crippen LogP contribution in [0, 0.1) is 0 Å². The third kappa shape index (κ3) is 5.24. The van der Waals surface area contributed by atoms with Crippen LogP contribution in [0.5, 0.6) is 23.0 Å². The van der Waals surface area contributed by atoms with Crippen molar-refractivity contribution in [3.05, 3.63) is 71.8 Å². The van der Waals surface area contributed by atoms with Crippen molar-refractivity contribution < 1.29 is 18.9 Å². The van der Waals surface area contributed by atoms with Gasteiger partial charge in [0.15, 0.2) is 11.5 Å². The molecule has 0 spiro atoms. The topological polar surface area (TPSA) is 62.9 Å². The van der Waals surface area contributed by atoms with Crippen molar-refractivity contribution in [1.82, 2.24) is 0 Å². The fourth-order valence-electron chi connectivity index (χ4n) is 3.21.